The first kappa shape index (κ1) is 38.5. The lowest BCUT2D eigenvalue weighted by Crippen LogP contribution is -2.64. The number of cyclic esters (lactones) is 1. The molecule has 0 bridgehead atoms. The van der Waals surface area contributed by atoms with Gasteiger partial charge in [0.15, 0.2) is 12.6 Å². The van der Waals surface area contributed by atoms with Gasteiger partial charge in [-0.25, -0.2) is 4.79 Å². The van der Waals surface area contributed by atoms with Crippen LogP contribution in [0.4, 0.5) is 0 Å². The van der Waals surface area contributed by atoms with Gasteiger partial charge in [-0.15, -0.1) is 0 Å². The largest absolute Gasteiger partial charge is 0.462 e. The first-order chi connectivity index (χ1) is 24.5. The van der Waals surface area contributed by atoms with Gasteiger partial charge < -0.3 is 64.2 Å². The summed E-state index contributed by atoms with van der Waals surface area (Å²) in [7, 11) is 0. The van der Waals surface area contributed by atoms with Crippen LogP contribution in [0.5, 0.6) is 0 Å². The fourth-order valence-electron chi connectivity index (χ4n) is 11.7. The molecule has 15 heteroatoms. The number of fused-ring (bicyclic) bond motifs is 5. The highest BCUT2D eigenvalue weighted by molar-refractivity contribution is 5.85. The summed E-state index contributed by atoms with van der Waals surface area (Å²) in [5.41, 5.74) is -1.02. The van der Waals surface area contributed by atoms with Crippen LogP contribution in [-0.2, 0) is 38.0 Å². The Balaban J connectivity index is 1.01. The fourth-order valence-corrected chi connectivity index (χ4v) is 11.7. The van der Waals surface area contributed by atoms with Crippen LogP contribution >= 0.6 is 0 Å². The Bertz CT molecular complexity index is 1390. The van der Waals surface area contributed by atoms with E-state index in [4.69, 9.17) is 28.4 Å². The zero-order chi connectivity index (χ0) is 37.5. The summed E-state index contributed by atoms with van der Waals surface area (Å²) in [5, 5.41) is 75.2. The molecule has 0 aromatic carbocycles. The molecule has 4 aliphatic carbocycles. The number of esters is 2. The van der Waals surface area contributed by atoms with E-state index in [9.17, 15) is 45.3 Å². The second-order valence-electron chi connectivity index (χ2n) is 17.1. The number of ether oxygens (including phenoxy) is 6. The van der Waals surface area contributed by atoms with Crippen molar-refractivity contribution in [1.82, 2.24) is 0 Å². The maximum Gasteiger partial charge on any atom is 0.331 e. The van der Waals surface area contributed by atoms with E-state index in [0.717, 1.165) is 31.3 Å². The van der Waals surface area contributed by atoms with E-state index in [1.54, 1.807) is 6.92 Å². The van der Waals surface area contributed by atoms with Crippen molar-refractivity contribution >= 4 is 11.9 Å². The van der Waals surface area contributed by atoms with Gasteiger partial charge in [-0.05, 0) is 80.6 Å². The highest BCUT2D eigenvalue weighted by Crippen LogP contribution is 2.70. The average molecular weight is 741 g/mol. The van der Waals surface area contributed by atoms with Crippen molar-refractivity contribution in [2.24, 2.45) is 34.5 Å². The van der Waals surface area contributed by atoms with Crippen LogP contribution < -0.4 is 0 Å². The molecule has 7 N–H and O–H groups in total. The molecule has 2 saturated heterocycles. The SMILES string of the molecule is CC(=O)OC1C[C@]2(O)C3CC[C@@H]4CC(O[C@@H]5O[C@@H](C)[C@H](O[C@@H]6O[C@H](CO)[C@@H](O)[C@H](O)[C@H]6O)[C@@H](O)[C@H]5O)CC[C@]4(C)C3CC[C@]2(C)C1C1=CC(=O)OC1. The number of aliphatic hydroxyl groups excluding tert-OH is 6. The molecule has 7 rings (SSSR count). The molecule has 15 nitrogen and oxygen atoms in total. The molecule has 4 saturated carbocycles. The third-order valence-corrected chi connectivity index (χ3v) is 14.4. The first-order valence-corrected chi connectivity index (χ1v) is 18.9. The highest BCUT2D eigenvalue weighted by atomic mass is 16.7. The summed E-state index contributed by atoms with van der Waals surface area (Å²) < 4.78 is 34.7. The van der Waals surface area contributed by atoms with Crippen LogP contribution in [0.2, 0.25) is 0 Å². The van der Waals surface area contributed by atoms with Crippen LogP contribution in [0, 0.1) is 34.5 Å². The lowest BCUT2D eigenvalue weighted by atomic mass is 9.43. The summed E-state index contributed by atoms with van der Waals surface area (Å²) in [5.74, 6) is -0.667. The summed E-state index contributed by atoms with van der Waals surface area (Å²) in [6.45, 7) is 6.90. The first-order valence-electron chi connectivity index (χ1n) is 18.9. The molecular formula is C37H56O15. The third kappa shape index (κ3) is 6.16. The van der Waals surface area contributed by atoms with Crippen molar-refractivity contribution in [3.8, 4) is 0 Å². The van der Waals surface area contributed by atoms with Crippen LogP contribution in [0.3, 0.4) is 0 Å². The Labute approximate surface area is 303 Å². The van der Waals surface area contributed by atoms with Crippen LogP contribution in [-0.4, -0.2) is 140 Å². The quantitative estimate of drug-likeness (QED) is 0.133. The van der Waals surface area contributed by atoms with Gasteiger partial charge in [-0.2, -0.15) is 0 Å². The van der Waals surface area contributed by atoms with Gasteiger partial charge in [-0.1, -0.05) is 13.8 Å². The minimum atomic E-state index is -1.68. The van der Waals surface area contributed by atoms with E-state index in [-0.39, 0.29) is 41.8 Å². The van der Waals surface area contributed by atoms with E-state index in [2.05, 4.69) is 13.8 Å². The fraction of sp³-hybridized carbons (Fsp3) is 0.892. The minimum Gasteiger partial charge on any atom is -0.462 e. The van der Waals surface area contributed by atoms with Crippen LogP contribution in [0.25, 0.3) is 0 Å². The van der Waals surface area contributed by atoms with E-state index < -0.39 is 97.1 Å². The van der Waals surface area contributed by atoms with E-state index in [1.807, 2.05) is 0 Å². The predicted octanol–water partition coefficient (Wildman–Crippen LogP) is -0.178. The molecule has 5 unspecified atom stereocenters. The lowest BCUT2D eigenvalue weighted by Gasteiger charge is -2.63. The molecule has 0 radical (unpaired) electrons. The van der Waals surface area contributed by atoms with Gasteiger partial charge in [0.25, 0.3) is 0 Å². The lowest BCUT2D eigenvalue weighted by molar-refractivity contribution is -0.360. The molecule has 3 heterocycles. The van der Waals surface area contributed by atoms with Crippen molar-refractivity contribution < 1.29 is 73.8 Å². The zero-order valence-corrected chi connectivity index (χ0v) is 30.3. The highest BCUT2D eigenvalue weighted by Gasteiger charge is 2.71. The van der Waals surface area contributed by atoms with Gasteiger partial charge in [0.1, 0.15) is 55.4 Å². The molecule has 7 aliphatic rings. The molecule has 0 aromatic heterocycles. The van der Waals surface area contributed by atoms with Crippen molar-refractivity contribution in [1.29, 1.82) is 0 Å². The molecule has 0 aromatic rings. The van der Waals surface area contributed by atoms with E-state index in [1.165, 1.54) is 13.0 Å². The number of hydrogen-bond acceptors (Lipinski definition) is 15. The number of carbonyl (C=O) groups is 2. The summed E-state index contributed by atoms with van der Waals surface area (Å²) in [4.78, 5) is 24.3. The molecule has 19 atom stereocenters. The number of hydrogen-bond donors (Lipinski definition) is 7. The summed E-state index contributed by atoms with van der Waals surface area (Å²) in [6, 6.07) is 0. The van der Waals surface area contributed by atoms with Gasteiger partial charge in [0.05, 0.1) is 24.4 Å². The monoisotopic (exact) mass is 740 g/mol. The molecular weight excluding hydrogens is 684 g/mol. The Kier molecular flexibility index (Phi) is 10.4. The predicted molar refractivity (Wildman–Crippen MR) is 177 cm³/mol. The minimum absolute atomic E-state index is 0.0215. The molecule has 52 heavy (non-hydrogen) atoms. The van der Waals surface area contributed by atoms with Crippen LogP contribution in [0.15, 0.2) is 11.6 Å². The number of carbonyl (C=O) groups excluding carboxylic acids is 2. The molecule has 0 spiro atoms. The normalized spacial score (nSPS) is 53.3. The Hall–Kier alpha value is -1.76. The topological polar surface area (TPSA) is 231 Å². The summed E-state index contributed by atoms with van der Waals surface area (Å²) >= 11 is 0. The van der Waals surface area contributed by atoms with E-state index in [0.29, 0.717) is 25.7 Å². The van der Waals surface area contributed by atoms with Crippen molar-refractivity contribution in [2.45, 2.75) is 158 Å². The summed E-state index contributed by atoms with van der Waals surface area (Å²) in [6.07, 6.45) is -7.32. The van der Waals surface area contributed by atoms with Gasteiger partial charge in [0.2, 0.25) is 0 Å². The number of rotatable bonds is 7. The van der Waals surface area contributed by atoms with Gasteiger partial charge in [-0.3, -0.25) is 4.79 Å². The maximum absolute atomic E-state index is 12.8. The standard InChI is InChI=1S/C37H56O15/c1-16-32(52-34-30(44)28(42)27(41)24(14-38)51-34)29(43)31(45)33(48-16)50-20-7-9-35(3)19(12-20)5-6-22-21(35)8-10-36(4)26(18-11-25(40)47-15-18)23(49-17(2)39)13-37(22,36)46/h11,16,19-24,26-34,38,41-46H,5-10,12-15H2,1-4H3/t16-,19+,20?,21?,22?,23?,24+,26?,27+,28-,29-,30+,31+,32-,33-,34-,35-,36+,37-/m0/s1. The molecule has 3 aliphatic heterocycles. The van der Waals surface area contributed by atoms with Gasteiger partial charge >= 0.3 is 11.9 Å². The molecule has 0 amide bonds. The molecule has 294 valence electrons. The molecule has 6 fully saturated rings. The second kappa shape index (κ2) is 14.1. The average Bonchev–Trinajstić information content (AvgIpc) is 3.61. The third-order valence-electron chi connectivity index (χ3n) is 14.4. The zero-order valence-electron chi connectivity index (χ0n) is 30.3. The Morgan fingerprint density at radius 1 is 0.904 bits per heavy atom. The Morgan fingerprint density at radius 3 is 2.29 bits per heavy atom. The number of aliphatic hydroxyl groups is 7. The van der Waals surface area contributed by atoms with Crippen molar-refractivity contribution in [3.05, 3.63) is 11.6 Å². The van der Waals surface area contributed by atoms with Crippen LogP contribution in [0.1, 0.15) is 79.1 Å². The second-order valence-corrected chi connectivity index (χ2v) is 17.1. The van der Waals surface area contributed by atoms with E-state index >= 15 is 0 Å². The van der Waals surface area contributed by atoms with Crippen molar-refractivity contribution in [3.63, 3.8) is 0 Å². The smallest absolute Gasteiger partial charge is 0.331 e. The maximum atomic E-state index is 12.8. The Morgan fingerprint density at radius 2 is 1.62 bits per heavy atom. The van der Waals surface area contributed by atoms with Gasteiger partial charge in [0, 0.05) is 30.8 Å². The van der Waals surface area contributed by atoms with Crippen molar-refractivity contribution in [2.75, 3.05) is 13.2 Å².